The predicted molar refractivity (Wildman–Crippen MR) is 97.3 cm³/mol. The molecule has 9 heteroatoms. The van der Waals surface area contributed by atoms with E-state index in [0.717, 1.165) is 22.6 Å². The summed E-state index contributed by atoms with van der Waals surface area (Å²) in [4.78, 5) is 37.8. The fourth-order valence-corrected chi connectivity index (χ4v) is 2.97. The summed E-state index contributed by atoms with van der Waals surface area (Å²) < 4.78 is 26.7. The van der Waals surface area contributed by atoms with E-state index < -0.39 is 41.6 Å². The van der Waals surface area contributed by atoms with Crippen LogP contribution in [0.4, 0.5) is 13.6 Å². The molecule has 4 amide bonds. The van der Waals surface area contributed by atoms with Crippen molar-refractivity contribution in [2.24, 2.45) is 0 Å². The van der Waals surface area contributed by atoms with Gasteiger partial charge in [0.25, 0.3) is 5.91 Å². The van der Waals surface area contributed by atoms with E-state index >= 15 is 0 Å². The zero-order chi connectivity index (χ0) is 20.5. The van der Waals surface area contributed by atoms with Crippen molar-refractivity contribution in [1.82, 2.24) is 15.5 Å². The number of carbonyl (C=O) groups excluding carboxylic acids is 3. The number of carbonyl (C=O) groups is 3. The first-order chi connectivity index (χ1) is 13.2. The number of nitrogens with zero attached hydrogens (tertiary/aromatic N) is 1. The molecule has 2 N–H and O–H groups in total. The van der Waals surface area contributed by atoms with Crippen LogP contribution in [0.1, 0.15) is 18.1 Å². The third-order valence-electron chi connectivity index (χ3n) is 4.48. The van der Waals surface area contributed by atoms with E-state index in [9.17, 15) is 23.2 Å². The lowest BCUT2D eigenvalue weighted by Crippen LogP contribution is -2.43. The van der Waals surface area contributed by atoms with Gasteiger partial charge in [0.2, 0.25) is 5.91 Å². The van der Waals surface area contributed by atoms with Gasteiger partial charge in [0.15, 0.2) is 11.6 Å². The van der Waals surface area contributed by atoms with Crippen LogP contribution in [0.3, 0.4) is 0 Å². The topological polar surface area (TPSA) is 78.5 Å². The molecule has 1 saturated heterocycles. The largest absolute Gasteiger partial charge is 0.350 e. The number of benzene rings is 2. The molecule has 1 fully saturated rings. The standard InChI is InChI=1S/C19H16ClF2N3O3/c1-19(12-4-7-14(21)15(22)8-12)17(27)25(18(28)24-19)10-16(26)23-9-11-2-5-13(20)6-3-11/h2-8H,9-10H2,1H3,(H,23,26)(H,24,28). The Bertz CT molecular complexity index is 952. The summed E-state index contributed by atoms with van der Waals surface area (Å²) in [6, 6.07) is 8.95. The summed E-state index contributed by atoms with van der Waals surface area (Å²) in [5.41, 5.74) is -0.724. The van der Waals surface area contributed by atoms with E-state index in [4.69, 9.17) is 11.6 Å². The zero-order valence-electron chi connectivity index (χ0n) is 14.8. The number of imide groups is 1. The van der Waals surface area contributed by atoms with Crippen LogP contribution in [0.5, 0.6) is 0 Å². The first-order valence-corrected chi connectivity index (χ1v) is 8.69. The zero-order valence-corrected chi connectivity index (χ0v) is 15.5. The fourth-order valence-electron chi connectivity index (χ4n) is 2.85. The number of amides is 4. The van der Waals surface area contributed by atoms with E-state index in [1.54, 1.807) is 24.3 Å². The second kappa shape index (κ2) is 7.55. The molecular weight excluding hydrogens is 392 g/mol. The Morgan fingerprint density at radius 1 is 1.14 bits per heavy atom. The summed E-state index contributed by atoms with van der Waals surface area (Å²) in [7, 11) is 0. The molecule has 0 spiro atoms. The molecule has 28 heavy (non-hydrogen) atoms. The first-order valence-electron chi connectivity index (χ1n) is 8.31. The minimum absolute atomic E-state index is 0.0776. The Kier molecular flexibility index (Phi) is 5.33. The highest BCUT2D eigenvalue weighted by Gasteiger charge is 2.49. The molecule has 6 nitrogen and oxygen atoms in total. The second-order valence-corrected chi connectivity index (χ2v) is 6.91. The molecule has 146 valence electrons. The third-order valence-corrected chi connectivity index (χ3v) is 4.73. The van der Waals surface area contributed by atoms with Gasteiger partial charge in [-0.1, -0.05) is 29.8 Å². The molecule has 0 radical (unpaired) electrons. The Labute approximate surface area is 164 Å². The molecule has 0 saturated carbocycles. The molecule has 1 heterocycles. The average molecular weight is 408 g/mol. The van der Waals surface area contributed by atoms with Crippen molar-refractivity contribution in [2.45, 2.75) is 19.0 Å². The molecule has 1 atom stereocenters. The van der Waals surface area contributed by atoms with Gasteiger partial charge in [-0.2, -0.15) is 0 Å². The minimum Gasteiger partial charge on any atom is -0.350 e. The van der Waals surface area contributed by atoms with Gasteiger partial charge in [-0.15, -0.1) is 0 Å². The molecule has 0 aromatic heterocycles. The van der Waals surface area contributed by atoms with Crippen LogP contribution < -0.4 is 10.6 Å². The normalized spacial score (nSPS) is 18.9. The number of rotatable bonds is 5. The van der Waals surface area contributed by atoms with Gasteiger partial charge in [0, 0.05) is 11.6 Å². The van der Waals surface area contributed by atoms with Crippen molar-refractivity contribution < 1.29 is 23.2 Å². The summed E-state index contributed by atoms with van der Waals surface area (Å²) >= 11 is 5.80. The second-order valence-electron chi connectivity index (χ2n) is 6.48. The molecular formula is C19H16ClF2N3O3. The summed E-state index contributed by atoms with van der Waals surface area (Å²) in [5, 5.41) is 5.60. The van der Waals surface area contributed by atoms with Crippen LogP contribution in [0, 0.1) is 11.6 Å². The van der Waals surface area contributed by atoms with Crippen LogP contribution in [0.25, 0.3) is 0 Å². The van der Waals surface area contributed by atoms with Crippen molar-refractivity contribution >= 4 is 29.4 Å². The van der Waals surface area contributed by atoms with Gasteiger partial charge < -0.3 is 10.6 Å². The number of urea groups is 1. The van der Waals surface area contributed by atoms with Crippen LogP contribution >= 0.6 is 11.6 Å². The smallest absolute Gasteiger partial charge is 0.325 e. The monoisotopic (exact) mass is 407 g/mol. The van der Waals surface area contributed by atoms with Crippen LogP contribution in [0.15, 0.2) is 42.5 Å². The molecule has 2 aromatic rings. The predicted octanol–water partition coefficient (Wildman–Crippen LogP) is 2.70. The number of hydrogen-bond acceptors (Lipinski definition) is 3. The van der Waals surface area contributed by atoms with E-state index in [-0.39, 0.29) is 12.1 Å². The average Bonchev–Trinajstić information content (AvgIpc) is 2.87. The van der Waals surface area contributed by atoms with Crippen molar-refractivity contribution in [3.8, 4) is 0 Å². The Hall–Kier alpha value is -3.00. The summed E-state index contributed by atoms with van der Waals surface area (Å²) in [5.74, 6) is -3.49. The lowest BCUT2D eigenvalue weighted by atomic mass is 9.92. The molecule has 3 rings (SSSR count). The lowest BCUT2D eigenvalue weighted by Gasteiger charge is -2.22. The van der Waals surface area contributed by atoms with Crippen molar-refractivity contribution in [3.05, 3.63) is 70.2 Å². The van der Waals surface area contributed by atoms with Crippen molar-refractivity contribution in [1.29, 1.82) is 0 Å². The maximum absolute atomic E-state index is 13.5. The number of hydrogen-bond donors (Lipinski definition) is 2. The maximum atomic E-state index is 13.5. The molecule has 1 aliphatic heterocycles. The third kappa shape index (κ3) is 3.82. The van der Waals surface area contributed by atoms with E-state index in [1.807, 2.05) is 0 Å². The maximum Gasteiger partial charge on any atom is 0.325 e. The van der Waals surface area contributed by atoms with Crippen LogP contribution in [-0.4, -0.2) is 29.3 Å². The van der Waals surface area contributed by atoms with Crippen molar-refractivity contribution in [2.75, 3.05) is 6.54 Å². The van der Waals surface area contributed by atoms with Gasteiger partial charge in [-0.25, -0.2) is 13.6 Å². The SMILES string of the molecule is CC1(c2ccc(F)c(F)c2)NC(=O)N(CC(=O)NCc2ccc(Cl)cc2)C1=O. The van der Waals surface area contributed by atoms with Gasteiger partial charge in [0.05, 0.1) is 0 Å². The highest BCUT2D eigenvalue weighted by atomic mass is 35.5. The Morgan fingerprint density at radius 2 is 1.82 bits per heavy atom. The molecule has 1 unspecified atom stereocenters. The quantitative estimate of drug-likeness (QED) is 0.748. The molecule has 1 aliphatic rings. The molecule has 0 aliphatic carbocycles. The Morgan fingerprint density at radius 3 is 2.46 bits per heavy atom. The summed E-state index contributed by atoms with van der Waals surface area (Å²) in [6.45, 7) is 1.06. The Balaban J connectivity index is 1.68. The number of halogens is 3. The summed E-state index contributed by atoms with van der Waals surface area (Å²) in [6.07, 6.45) is 0. The van der Waals surface area contributed by atoms with Crippen LogP contribution in [0.2, 0.25) is 5.02 Å². The van der Waals surface area contributed by atoms with Gasteiger partial charge in [0.1, 0.15) is 12.1 Å². The molecule has 2 aromatic carbocycles. The number of nitrogens with one attached hydrogen (secondary N) is 2. The van der Waals surface area contributed by atoms with Gasteiger partial charge in [-0.05, 0) is 42.3 Å². The minimum atomic E-state index is -1.60. The highest BCUT2D eigenvalue weighted by molar-refractivity contribution is 6.30. The van der Waals surface area contributed by atoms with Gasteiger partial charge in [-0.3, -0.25) is 14.5 Å². The highest BCUT2D eigenvalue weighted by Crippen LogP contribution is 2.29. The van der Waals surface area contributed by atoms with Crippen molar-refractivity contribution in [3.63, 3.8) is 0 Å². The van der Waals surface area contributed by atoms with E-state index in [2.05, 4.69) is 10.6 Å². The van der Waals surface area contributed by atoms with E-state index in [0.29, 0.717) is 5.02 Å². The van der Waals surface area contributed by atoms with Gasteiger partial charge >= 0.3 is 6.03 Å². The van der Waals surface area contributed by atoms with Crippen LogP contribution in [-0.2, 0) is 21.7 Å². The lowest BCUT2D eigenvalue weighted by molar-refractivity contribution is -0.134. The first kappa shape index (κ1) is 19.8. The van der Waals surface area contributed by atoms with E-state index in [1.165, 1.54) is 13.0 Å². The fraction of sp³-hybridized carbons (Fsp3) is 0.211. The molecule has 0 bridgehead atoms.